The zero-order valence-corrected chi connectivity index (χ0v) is 14.1. The molecule has 2 aromatic carbocycles. The summed E-state index contributed by atoms with van der Waals surface area (Å²) >= 11 is 5.89. The van der Waals surface area contributed by atoms with Gasteiger partial charge in [0.1, 0.15) is 5.75 Å². The Morgan fingerprint density at radius 3 is 2.29 bits per heavy atom. The van der Waals surface area contributed by atoms with Crippen LogP contribution in [0.3, 0.4) is 0 Å². The first-order valence-corrected chi connectivity index (χ1v) is 7.86. The van der Waals surface area contributed by atoms with Crippen molar-refractivity contribution in [2.45, 2.75) is 26.4 Å². The lowest BCUT2D eigenvalue weighted by Crippen LogP contribution is -2.25. The smallest absolute Gasteiger partial charge is 0.387 e. The van der Waals surface area contributed by atoms with Gasteiger partial charge in [-0.05, 0) is 35.7 Å². The number of ether oxygens (including phenoxy) is 1. The Kier molecular flexibility index (Phi) is 6.15. The number of para-hydroxylation sites is 2. The first-order valence-electron chi connectivity index (χ1n) is 7.48. The zero-order chi connectivity index (χ0) is 17.7. The summed E-state index contributed by atoms with van der Waals surface area (Å²) in [5.41, 5.74) is 1.02. The van der Waals surface area contributed by atoms with Crippen LogP contribution in [0, 0.1) is 5.92 Å². The van der Waals surface area contributed by atoms with E-state index in [9.17, 15) is 13.6 Å². The van der Waals surface area contributed by atoms with E-state index in [1.807, 2.05) is 13.8 Å². The highest BCUT2D eigenvalue weighted by Gasteiger charge is 2.25. The van der Waals surface area contributed by atoms with Gasteiger partial charge in [0.25, 0.3) is 0 Å². The van der Waals surface area contributed by atoms with Crippen molar-refractivity contribution in [1.29, 1.82) is 0 Å². The van der Waals surface area contributed by atoms with Crippen LogP contribution in [0.25, 0.3) is 0 Å². The maximum atomic E-state index is 12.7. The van der Waals surface area contributed by atoms with Gasteiger partial charge in [-0.1, -0.05) is 49.7 Å². The summed E-state index contributed by atoms with van der Waals surface area (Å²) in [6, 6.07) is 13.1. The summed E-state index contributed by atoms with van der Waals surface area (Å²) in [5, 5.41) is 3.26. The van der Waals surface area contributed by atoms with Crippen LogP contribution < -0.4 is 10.1 Å². The van der Waals surface area contributed by atoms with Crippen LogP contribution in [0.2, 0.25) is 5.02 Å². The highest BCUT2D eigenvalue weighted by atomic mass is 35.5. The molecule has 0 spiro atoms. The van der Waals surface area contributed by atoms with Gasteiger partial charge in [-0.15, -0.1) is 0 Å². The van der Waals surface area contributed by atoms with Gasteiger partial charge in [0.15, 0.2) is 0 Å². The fraction of sp³-hybridized carbons (Fsp3) is 0.278. The monoisotopic (exact) mass is 353 g/mol. The molecule has 0 heterocycles. The van der Waals surface area contributed by atoms with E-state index in [1.165, 1.54) is 12.1 Å². The molecule has 0 aliphatic carbocycles. The van der Waals surface area contributed by atoms with Crippen molar-refractivity contribution in [1.82, 2.24) is 0 Å². The van der Waals surface area contributed by atoms with Crippen molar-refractivity contribution in [2.24, 2.45) is 5.92 Å². The maximum absolute atomic E-state index is 12.7. The molecule has 128 valence electrons. The fourth-order valence-corrected chi connectivity index (χ4v) is 2.61. The summed E-state index contributed by atoms with van der Waals surface area (Å²) in [6.07, 6.45) is 0. The first kappa shape index (κ1) is 18.2. The Balaban J connectivity index is 2.24. The van der Waals surface area contributed by atoms with Gasteiger partial charge < -0.3 is 10.1 Å². The molecule has 0 aromatic heterocycles. The molecule has 0 bridgehead atoms. The van der Waals surface area contributed by atoms with Crippen LogP contribution in [0.1, 0.15) is 25.3 Å². The Labute approximate surface area is 144 Å². The normalized spacial score (nSPS) is 12.3. The van der Waals surface area contributed by atoms with Gasteiger partial charge in [0.05, 0.1) is 11.6 Å². The van der Waals surface area contributed by atoms with Crippen LogP contribution >= 0.6 is 11.6 Å². The highest BCUT2D eigenvalue weighted by Crippen LogP contribution is 2.30. The Morgan fingerprint density at radius 1 is 1.08 bits per heavy atom. The van der Waals surface area contributed by atoms with Gasteiger partial charge >= 0.3 is 6.61 Å². The minimum absolute atomic E-state index is 0.00866. The molecule has 3 nitrogen and oxygen atoms in total. The molecule has 0 aliphatic rings. The highest BCUT2D eigenvalue weighted by molar-refractivity contribution is 6.30. The second kappa shape index (κ2) is 8.11. The summed E-state index contributed by atoms with van der Waals surface area (Å²) in [4.78, 5) is 12.7. The van der Waals surface area contributed by atoms with Crippen molar-refractivity contribution < 1.29 is 18.3 Å². The zero-order valence-electron chi connectivity index (χ0n) is 13.3. The number of rotatable bonds is 6. The third kappa shape index (κ3) is 4.68. The molecule has 0 saturated carbocycles. The fourth-order valence-electron chi connectivity index (χ4n) is 2.49. The first-order chi connectivity index (χ1) is 11.4. The summed E-state index contributed by atoms with van der Waals surface area (Å²) in [7, 11) is 0. The lowest BCUT2D eigenvalue weighted by Gasteiger charge is -2.21. The van der Waals surface area contributed by atoms with E-state index in [0.29, 0.717) is 5.02 Å². The van der Waals surface area contributed by atoms with E-state index >= 15 is 0 Å². The largest absolute Gasteiger partial charge is 0.433 e. The Hall–Kier alpha value is -2.14. The molecule has 0 unspecified atom stereocenters. The molecule has 1 N–H and O–H groups in total. The lowest BCUT2D eigenvalue weighted by molar-refractivity contribution is -0.118. The van der Waals surface area contributed by atoms with Gasteiger partial charge in [-0.2, -0.15) is 8.78 Å². The van der Waals surface area contributed by atoms with Gasteiger partial charge in [0.2, 0.25) is 5.91 Å². The summed E-state index contributed by atoms with van der Waals surface area (Å²) < 4.78 is 29.4. The van der Waals surface area contributed by atoms with E-state index in [-0.39, 0.29) is 23.3 Å². The van der Waals surface area contributed by atoms with E-state index in [2.05, 4.69) is 10.1 Å². The van der Waals surface area contributed by atoms with Crippen LogP contribution in [-0.2, 0) is 4.79 Å². The predicted molar refractivity (Wildman–Crippen MR) is 90.7 cm³/mol. The van der Waals surface area contributed by atoms with Crippen LogP contribution in [0.5, 0.6) is 5.75 Å². The molecule has 2 aromatic rings. The predicted octanol–water partition coefficient (Wildman–Crippen LogP) is 5.32. The van der Waals surface area contributed by atoms with E-state index < -0.39 is 12.5 Å². The molecule has 2 rings (SSSR count). The van der Waals surface area contributed by atoms with E-state index in [0.717, 1.165) is 5.56 Å². The van der Waals surface area contributed by atoms with Crippen molar-refractivity contribution in [3.8, 4) is 5.75 Å². The average Bonchev–Trinajstić information content (AvgIpc) is 2.50. The number of alkyl halides is 2. The Morgan fingerprint density at radius 2 is 1.71 bits per heavy atom. The van der Waals surface area contributed by atoms with Crippen molar-refractivity contribution in [3.05, 3.63) is 59.1 Å². The average molecular weight is 354 g/mol. The number of amides is 1. The van der Waals surface area contributed by atoms with Crippen molar-refractivity contribution in [2.75, 3.05) is 5.32 Å². The third-order valence-electron chi connectivity index (χ3n) is 3.54. The van der Waals surface area contributed by atoms with Crippen LogP contribution in [0.15, 0.2) is 48.5 Å². The quantitative estimate of drug-likeness (QED) is 0.763. The standard InChI is InChI=1S/C18H18ClF2NO2/c1-11(2)16(12-7-9-13(19)10-8-12)17(23)22-14-5-3-4-6-15(14)24-18(20)21/h3-11,16,18H,1-2H3,(H,22,23)/t16-/m1/s1. The molecular weight excluding hydrogens is 336 g/mol. The molecule has 0 fully saturated rings. The van der Waals surface area contributed by atoms with E-state index in [4.69, 9.17) is 11.6 Å². The number of carbonyl (C=O) groups excluding carboxylic acids is 1. The molecule has 0 radical (unpaired) electrons. The number of anilines is 1. The lowest BCUT2D eigenvalue weighted by atomic mass is 9.87. The maximum Gasteiger partial charge on any atom is 0.387 e. The molecule has 6 heteroatoms. The van der Waals surface area contributed by atoms with E-state index in [1.54, 1.807) is 36.4 Å². The number of hydrogen-bond acceptors (Lipinski definition) is 2. The molecule has 1 amide bonds. The van der Waals surface area contributed by atoms with Crippen LogP contribution in [0.4, 0.5) is 14.5 Å². The topological polar surface area (TPSA) is 38.3 Å². The minimum atomic E-state index is -2.96. The molecule has 0 saturated heterocycles. The minimum Gasteiger partial charge on any atom is -0.433 e. The van der Waals surface area contributed by atoms with Crippen molar-refractivity contribution in [3.63, 3.8) is 0 Å². The van der Waals surface area contributed by atoms with Gasteiger partial charge in [0, 0.05) is 5.02 Å². The molecule has 1 atom stereocenters. The number of nitrogens with one attached hydrogen (secondary N) is 1. The van der Waals surface area contributed by atoms with Gasteiger partial charge in [-0.3, -0.25) is 4.79 Å². The summed E-state index contributed by atoms with van der Waals surface area (Å²) in [6.45, 7) is 0.876. The number of halogens is 3. The SMILES string of the molecule is CC(C)[C@@H](C(=O)Nc1ccccc1OC(F)F)c1ccc(Cl)cc1. The second-order valence-electron chi connectivity index (χ2n) is 5.64. The van der Waals surface area contributed by atoms with Gasteiger partial charge in [-0.25, -0.2) is 0 Å². The van der Waals surface area contributed by atoms with Crippen molar-refractivity contribution >= 4 is 23.2 Å². The number of benzene rings is 2. The number of carbonyl (C=O) groups is 1. The summed E-state index contributed by atoms with van der Waals surface area (Å²) in [5.74, 6) is -0.798. The molecule has 24 heavy (non-hydrogen) atoms. The molecule has 0 aliphatic heterocycles. The Bertz CT molecular complexity index is 690. The third-order valence-corrected chi connectivity index (χ3v) is 3.79. The second-order valence-corrected chi connectivity index (χ2v) is 6.07. The number of hydrogen-bond donors (Lipinski definition) is 1. The van der Waals surface area contributed by atoms with Crippen LogP contribution in [-0.4, -0.2) is 12.5 Å². The molecular formula is C18H18ClF2NO2.